The van der Waals surface area contributed by atoms with Crippen molar-refractivity contribution in [2.24, 2.45) is 0 Å². The van der Waals surface area contributed by atoms with E-state index in [9.17, 15) is 4.79 Å². The van der Waals surface area contributed by atoms with Gasteiger partial charge in [0.2, 0.25) is 0 Å². The predicted octanol–water partition coefficient (Wildman–Crippen LogP) is 3.71. The molecule has 18 heavy (non-hydrogen) atoms. The van der Waals surface area contributed by atoms with Crippen molar-refractivity contribution in [3.63, 3.8) is 0 Å². The maximum atomic E-state index is 12.0. The number of halogens is 1. The van der Waals surface area contributed by atoms with Crippen LogP contribution in [0.1, 0.15) is 10.4 Å². The Kier molecular flexibility index (Phi) is 3.99. The second-order valence-electron chi connectivity index (χ2n) is 3.70. The summed E-state index contributed by atoms with van der Waals surface area (Å²) in [5.74, 6) is 0.504. The molecule has 0 aromatic heterocycles. The molecule has 92 valence electrons. The van der Waals surface area contributed by atoms with E-state index in [1.165, 1.54) is 0 Å². The summed E-state index contributed by atoms with van der Waals surface area (Å²) in [6.07, 6.45) is 0. The Hall–Kier alpha value is -1.81. The molecule has 0 heterocycles. The zero-order valence-corrected chi connectivity index (χ0v) is 11.4. The topological polar surface area (TPSA) is 38.3 Å². The van der Waals surface area contributed by atoms with E-state index in [1.807, 2.05) is 24.3 Å². The number of carbonyl (C=O) groups excluding carboxylic acids is 1. The molecule has 2 aromatic carbocycles. The molecule has 3 nitrogen and oxygen atoms in total. The molecule has 2 aromatic rings. The third-order valence-corrected chi connectivity index (χ3v) is 2.91. The maximum Gasteiger partial charge on any atom is 0.255 e. The quantitative estimate of drug-likeness (QED) is 0.939. The molecular formula is C14H12BrNO2. The van der Waals surface area contributed by atoms with Gasteiger partial charge in [0, 0.05) is 15.7 Å². The van der Waals surface area contributed by atoms with Gasteiger partial charge in [0.15, 0.2) is 0 Å². The molecule has 0 fully saturated rings. The van der Waals surface area contributed by atoms with Gasteiger partial charge in [-0.3, -0.25) is 4.79 Å². The summed E-state index contributed by atoms with van der Waals surface area (Å²) < 4.78 is 6.01. The SMILES string of the molecule is COc1cccc(C(=O)Nc2cccc(Br)c2)c1. The van der Waals surface area contributed by atoms with Crippen LogP contribution < -0.4 is 10.1 Å². The number of nitrogens with one attached hydrogen (secondary N) is 1. The average Bonchev–Trinajstić information content (AvgIpc) is 2.39. The minimum atomic E-state index is -0.160. The van der Waals surface area contributed by atoms with E-state index in [-0.39, 0.29) is 5.91 Å². The van der Waals surface area contributed by atoms with Gasteiger partial charge in [-0.2, -0.15) is 0 Å². The summed E-state index contributed by atoms with van der Waals surface area (Å²) in [5.41, 5.74) is 1.31. The van der Waals surface area contributed by atoms with Crippen LogP contribution in [0.5, 0.6) is 5.75 Å². The van der Waals surface area contributed by atoms with E-state index < -0.39 is 0 Å². The Bertz CT molecular complexity index is 569. The van der Waals surface area contributed by atoms with Crippen molar-refractivity contribution in [1.29, 1.82) is 0 Å². The van der Waals surface area contributed by atoms with Gasteiger partial charge in [-0.05, 0) is 36.4 Å². The van der Waals surface area contributed by atoms with E-state index in [0.717, 1.165) is 10.2 Å². The van der Waals surface area contributed by atoms with Crippen LogP contribution in [0.4, 0.5) is 5.69 Å². The lowest BCUT2D eigenvalue weighted by Gasteiger charge is -2.06. The van der Waals surface area contributed by atoms with Gasteiger partial charge in [-0.1, -0.05) is 28.1 Å². The van der Waals surface area contributed by atoms with Crippen LogP contribution in [0.3, 0.4) is 0 Å². The Morgan fingerprint density at radius 1 is 1.17 bits per heavy atom. The van der Waals surface area contributed by atoms with E-state index in [4.69, 9.17) is 4.74 Å². The number of amides is 1. The molecular weight excluding hydrogens is 294 g/mol. The highest BCUT2D eigenvalue weighted by molar-refractivity contribution is 9.10. The fourth-order valence-electron chi connectivity index (χ4n) is 1.53. The summed E-state index contributed by atoms with van der Waals surface area (Å²) in [7, 11) is 1.57. The molecule has 0 saturated heterocycles. The number of ether oxygens (including phenoxy) is 1. The summed E-state index contributed by atoms with van der Waals surface area (Å²) in [6.45, 7) is 0. The zero-order chi connectivity index (χ0) is 13.0. The molecule has 2 rings (SSSR count). The monoisotopic (exact) mass is 305 g/mol. The summed E-state index contributed by atoms with van der Waals surface area (Å²) in [5, 5.41) is 2.83. The van der Waals surface area contributed by atoms with Gasteiger partial charge >= 0.3 is 0 Å². The van der Waals surface area contributed by atoms with Crippen LogP contribution in [0, 0.1) is 0 Å². The van der Waals surface area contributed by atoms with Crippen molar-refractivity contribution in [2.45, 2.75) is 0 Å². The molecule has 1 N–H and O–H groups in total. The number of carbonyl (C=O) groups is 1. The normalized spacial score (nSPS) is 9.89. The van der Waals surface area contributed by atoms with Crippen LogP contribution in [0.15, 0.2) is 53.0 Å². The van der Waals surface area contributed by atoms with Crippen molar-refractivity contribution in [3.8, 4) is 5.75 Å². The molecule has 0 bridgehead atoms. The molecule has 4 heteroatoms. The fourth-order valence-corrected chi connectivity index (χ4v) is 1.93. The Morgan fingerprint density at radius 2 is 1.94 bits per heavy atom. The Balaban J connectivity index is 2.16. The summed E-state index contributed by atoms with van der Waals surface area (Å²) >= 11 is 3.36. The highest BCUT2D eigenvalue weighted by Crippen LogP contribution is 2.18. The fraction of sp³-hybridized carbons (Fsp3) is 0.0714. The number of benzene rings is 2. The molecule has 0 radical (unpaired) electrons. The van der Waals surface area contributed by atoms with Crippen LogP contribution in [-0.2, 0) is 0 Å². The first-order valence-electron chi connectivity index (χ1n) is 5.40. The molecule has 0 aliphatic rings. The highest BCUT2D eigenvalue weighted by Gasteiger charge is 2.07. The zero-order valence-electron chi connectivity index (χ0n) is 9.81. The first-order valence-corrected chi connectivity index (χ1v) is 6.19. The Morgan fingerprint density at radius 3 is 2.67 bits per heavy atom. The Labute approximate surface area is 114 Å². The number of anilines is 1. The second-order valence-corrected chi connectivity index (χ2v) is 4.61. The first kappa shape index (κ1) is 12.6. The molecule has 1 amide bonds. The number of hydrogen-bond donors (Lipinski definition) is 1. The second kappa shape index (κ2) is 5.69. The summed E-state index contributed by atoms with van der Waals surface area (Å²) in [6, 6.07) is 14.5. The third kappa shape index (κ3) is 3.11. The number of methoxy groups -OCH3 is 1. The van der Waals surface area contributed by atoms with Crippen LogP contribution in [-0.4, -0.2) is 13.0 Å². The maximum absolute atomic E-state index is 12.0. The van der Waals surface area contributed by atoms with Crippen LogP contribution >= 0.6 is 15.9 Å². The van der Waals surface area contributed by atoms with Gasteiger partial charge in [0.1, 0.15) is 5.75 Å². The molecule has 0 saturated carbocycles. The lowest BCUT2D eigenvalue weighted by molar-refractivity contribution is 0.102. The van der Waals surface area contributed by atoms with Crippen molar-refractivity contribution in [1.82, 2.24) is 0 Å². The van der Waals surface area contributed by atoms with Crippen molar-refractivity contribution < 1.29 is 9.53 Å². The van der Waals surface area contributed by atoms with Crippen molar-refractivity contribution in [2.75, 3.05) is 12.4 Å². The van der Waals surface area contributed by atoms with Gasteiger partial charge in [0.25, 0.3) is 5.91 Å². The van der Waals surface area contributed by atoms with Crippen molar-refractivity contribution in [3.05, 3.63) is 58.6 Å². The molecule has 0 atom stereocenters. The van der Waals surface area contributed by atoms with Crippen LogP contribution in [0.25, 0.3) is 0 Å². The smallest absolute Gasteiger partial charge is 0.255 e. The first-order chi connectivity index (χ1) is 8.69. The van der Waals surface area contributed by atoms with E-state index in [0.29, 0.717) is 11.3 Å². The van der Waals surface area contributed by atoms with E-state index >= 15 is 0 Å². The minimum absolute atomic E-state index is 0.160. The highest BCUT2D eigenvalue weighted by atomic mass is 79.9. The van der Waals surface area contributed by atoms with Crippen LogP contribution in [0.2, 0.25) is 0 Å². The van der Waals surface area contributed by atoms with Gasteiger partial charge in [-0.15, -0.1) is 0 Å². The molecule has 0 spiro atoms. The molecule has 0 aliphatic heterocycles. The van der Waals surface area contributed by atoms with Gasteiger partial charge in [0.05, 0.1) is 7.11 Å². The third-order valence-electron chi connectivity index (χ3n) is 2.41. The largest absolute Gasteiger partial charge is 0.497 e. The lowest BCUT2D eigenvalue weighted by atomic mass is 10.2. The lowest BCUT2D eigenvalue weighted by Crippen LogP contribution is -2.11. The molecule has 0 aliphatic carbocycles. The predicted molar refractivity (Wildman–Crippen MR) is 75.1 cm³/mol. The standard InChI is InChI=1S/C14H12BrNO2/c1-18-13-7-2-4-10(8-13)14(17)16-12-6-3-5-11(15)9-12/h2-9H,1H3,(H,16,17). The minimum Gasteiger partial charge on any atom is -0.497 e. The van der Waals surface area contributed by atoms with E-state index in [2.05, 4.69) is 21.2 Å². The van der Waals surface area contributed by atoms with Gasteiger partial charge < -0.3 is 10.1 Å². The van der Waals surface area contributed by atoms with E-state index in [1.54, 1.807) is 31.4 Å². The van der Waals surface area contributed by atoms with Crippen molar-refractivity contribution >= 4 is 27.5 Å². The van der Waals surface area contributed by atoms with Gasteiger partial charge in [-0.25, -0.2) is 0 Å². The summed E-state index contributed by atoms with van der Waals surface area (Å²) in [4.78, 5) is 12.0. The molecule has 0 unspecified atom stereocenters. The average molecular weight is 306 g/mol. The number of hydrogen-bond acceptors (Lipinski definition) is 2. The number of rotatable bonds is 3.